The SMILES string of the molecule is NC(=NO)c1cccc(Sc2ccc(C(F)(F)F)cn2)n1. The fourth-order valence-corrected chi connectivity index (χ4v) is 2.13. The van der Waals surface area contributed by atoms with Crippen LogP contribution in [0.25, 0.3) is 0 Å². The van der Waals surface area contributed by atoms with Crippen LogP contribution in [0.3, 0.4) is 0 Å². The van der Waals surface area contributed by atoms with Gasteiger partial charge in [-0.1, -0.05) is 23.0 Å². The molecule has 0 fully saturated rings. The summed E-state index contributed by atoms with van der Waals surface area (Å²) in [5.41, 5.74) is 4.86. The van der Waals surface area contributed by atoms with Crippen LogP contribution in [0.4, 0.5) is 13.2 Å². The summed E-state index contributed by atoms with van der Waals surface area (Å²) in [6, 6.07) is 7.01. The number of amidine groups is 1. The third-order valence-electron chi connectivity index (χ3n) is 2.37. The molecule has 0 amide bonds. The highest BCUT2D eigenvalue weighted by molar-refractivity contribution is 7.99. The molecule has 21 heavy (non-hydrogen) atoms. The predicted octanol–water partition coefficient (Wildman–Crippen LogP) is 2.74. The molecule has 0 atom stereocenters. The minimum atomic E-state index is -4.42. The van der Waals surface area contributed by atoms with Crippen molar-refractivity contribution in [3.63, 3.8) is 0 Å². The molecule has 5 nitrogen and oxygen atoms in total. The molecular weight excluding hydrogens is 305 g/mol. The monoisotopic (exact) mass is 314 g/mol. The van der Waals surface area contributed by atoms with Crippen LogP contribution in [0, 0.1) is 0 Å². The molecule has 0 saturated carbocycles. The van der Waals surface area contributed by atoms with E-state index in [-0.39, 0.29) is 11.5 Å². The second-order valence-electron chi connectivity index (χ2n) is 3.83. The van der Waals surface area contributed by atoms with Crippen LogP contribution in [-0.4, -0.2) is 21.0 Å². The molecule has 0 unspecified atom stereocenters. The van der Waals surface area contributed by atoms with Gasteiger partial charge in [0.05, 0.1) is 5.56 Å². The maximum Gasteiger partial charge on any atom is 0.417 e. The van der Waals surface area contributed by atoms with Crippen LogP contribution < -0.4 is 5.73 Å². The number of pyridine rings is 2. The standard InChI is InChI=1S/C12H9F3N4OS/c13-12(14,15)7-4-5-9(17-6-7)21-10-3-1-2-8(18-10)11(16)19-20/h1-6,20H,(H2,16,19). The molecule has 2 aromatic heterocycles. The second-order valence-corrected chi connectivity index (χ2v) is 4.87. The largest absolute Gasteiger partial charge is 0.417 e. The lowest BCUT2D eigenvalue weighted by Crippen LogP contribution is -2.14. The van der Waals surface area contributed by atoms with Gasteiger partial charge in [-0.15, -0.1) is 0 Å². The first-order valence-corrected chi connectivity index (χ1v) is 6.38. The van der Waals surface area contributed by atoms with Gasteiger partial charge in [0.2, 0.25) is 0 Å². The molecule has 2 aromatic rings. The molecule has 2 heterocycles. The van der Waals surface area contributed by atoms with Gasteiger partial charge < -0.3 is 10.9 Å². The van der Waals surface area contributed by atoms with E-state index in [4.69, 9.17) is 10.9 Å². The van der Waals surface area contributed by atoms with Crippen molar-refractivity contribution >= 4 is 17.6 Å². The van der Waals surface area contributed by atoms with Crippen LogP contribution in [0.5, 0.6) is 0 Å². The number of hydrogen-bond donors (Lipinski definition) is 2. The van der Waals surface area contributed by atoms with Crippen molar-refractivity contribution in [1.82, 2.24) is 9.97 Å². The number of hydrogen-bond acceptors (Lipinski definition) is 5. The summed E-state index contributed by atoms with van der Waals surface area (Å²) in [5, 5.41) is 12.2. The first-order valence-electron chi connectivity index (χ1n) is 5.56. The third kappa shape index (κ3) is 3.85. The number of rotatable bonds is 3. The average molecular weight is 314 g/mol. The predicted molar refractivity (Wildman–Crippen MR) is 70.1 cm³/mol. The van der Waals surface area contributed by atoms with Gasteiger partial charge in [0.15, 0.2) is 5.84 Å². The van der Waals surface area contributed by atoms with Crippen molar-refractivity contribution in [2.24, 2.45) is 10.9 Å². The maximum absolute atomic E-state index is 12.4. The van der Waals surface area contributed by atoms with Crippen molar-refractivity contribution < 1.29 is 18.4 Å². The van der Waals surface area contributed by atoms with E-state index in [0.29, 0.717) is 10.1 Å². The summed E-state index contributed by atoms with van der Waals surface area (Å²) < 4.78 is 37.3. The Morgan fingerprint density at radius 3 is 2.52 bits per heavy atom. The number of oxime groups is 1. The van der Waals surface area contributed by atoms with Crippen molar-refractivity contribution in [2.75, 3.05) is 0 Å². The Labute approximate surface area is 121 Å². The number of alkyl halides is 3. The Hall–Kier alpha value is -2.29. The fourth-order valence-electron chi connectivity index (χ4n) is 1.38. The van der Waals surface area contributed by atoms with Crippen molar-refractivity contribution in [3.05, 3.63) is 47.8 Å². The molecule has 2 rings (SSSR count). The highest BCUT2D eigenvalue weighted by Gasteiger charge is 2.30. The lowest BCUT2D eigenvalue weighted by atomic mass is 10.3. The Balaban J connectivity index is 2.19. The summed E-state index contributed by atoms with van der Waals surface area (Å²) in [4.78, 5) is 7.82. The Morgan fingerprint density at radius 2 is 1.95 bits per heavy atom. The van der Waals surface area contributed by atoms with Gasteiger partial charge in [0.25, 0.3) is 0 Å². The number of nitrogens with two attached hydrogens (primary N) is 1. The maximum atomic E-state index is 12.4. The van der Waals surface area contributed by atoms with E-state index in [1.165, 1.54) is 6.07 Å². The molecule has 0 spiro atoms. The zero-order chi connectivity index (χ0) is 15.5. The van der Waals surface area contributed by atoms with E-state index in [0.717, 1.165) is 24.0 Å². The Morgan fingerprint density at radius 1 is 1.19 bits per heavy atom. The molecular formula is C12H9F3N4OS. The van der Waals surface area contributed by atoms with E-state index in [1.54, 1.807) is 18.2 Å². The Kier molecular flexibility index (Phi) is 4.32. The molecule has 3 N–H and O–H groups in total. The summed E-state index contributed by atoms with van der Waals surface area (Å²) in [6.45, 7) is 0. The van der Waals surface area contributed by atoms with Gasteiger partial charge in [-0.05, 0) is 24.3 Å². The smallest absolute Gasteiger partial charge is 0.409 e. The average Bonchev–Trinajstić information content (AvgIpc) is 2.46. The van der Waals surface area contributed by atoms with Gasteiger partial charge >= 0.3 is 6.18 Å². The van der Waals surface area contributed by atoms with Gasteiger partial charge in [-0.25, -0.2) is 9.97 Å². The Bertz CT molecular complexity index is 658. The molecule has 0 bridgehead atoms. The summed E-state index contributed by atoms with van der Waals surface area (Å²) in [5.74, 6) is -0.155. The minimum absolute atomic E-state index is 0.155. The number of aromatic nitrogens is 2. The zero-order valence-corrected chi connectivity index (χ0v) is 11.2. The molecule has 0 radical (unpaired) electrons. The highest BCUT2D eigenvalue weighted by atomic mass is 32.2. The van der Waals surface area contributed by atoms with Crippen molar-refractivity contribution in [1.29, 1.82) is 0 Å². The van der Waals surface area contributed by atoms with Gasteiger partial charge in [-0.2, -0.15) is 13.2 Å². The molecule has 0 aliphatic heterocycles. The van der Waals surface area contributed by atoms with E-state index >= 15 is 0 Å². The van der Waals surface area contributed by atoms with E-state index in [1.807, 2.05) is 0 Å². The minimum Gasteiger partial charge on any atom is -0.409 e. The summed E-state index contributed by atoms with van der Waals surface area (Å²) >= 11 is 1.07. The van der Waals surface area contributed by atoms with Gasteiger partial charge in [-0.3, -0.25) is 0 Å². The zero-order valence-electron chi connectivity index (χ0n) is 10.4. The highest BCUT2D eigenvalue weighted by Crippen LogP contribution is 2.30. The first-order chi connectivity index (χ1) is 9.90. The molecule has 0 aliphatic rings. The second kappa shape index (κ2) is 6.00. The molecule has 0 aromatic carbocycles. The van der Waals surface area contributed by atoms with E-state index in [9.17, 15) is 13.2 Å². The van der Waals surface area contributed by atoms with Gasteiger partial charge in [0, 0.05) is 6.20 Å². The van der Waals surface area contributed by atoms with E-state index in [2.05, 4.69) is 15.1 Å². The van der Waals surface area contributed by atoms with Crippen LogP contribution in [0.1, 0.15) is 11.3 Å². The normalized spacial score (nSPS) is 12.4. The number of halogens is 3. The number of nitrogens with zero attached hydrogens (tertiary/aromatic N) is 3. The topological polar surface area (TPSA) is 84.4 Å². The quantitative estimate of drug-likeness (QED) is 0.394. The molecule has 9 heteroatoms. The fraction of sp³-hybridized carbons (Fsp3) is 0.0833. The molecule has 0 aliphatic carbocycles. The molecule has 0 saturated heterocycles. The lowest BCUT2D eigenvalue weighted by Gasteiger charge is -2.06. The van der Waals surface area contributed by atoms with Crippen LogP contribution >= 0.6 is 11.8 Å². The van der Waals surface area contributed by atoms with Gasteiger partial charge in [0.1, 0.15) is 15.7 Å². The lowest BCUT2D eigenvalue weighted by molar-refractivity contribution is -0.137. The van der Waals surface area contributed by atoms with Crippen LogP contribution in [-0.2, 0) is 6.18 Å². The van der Waals surface area contributed by atoms with Crippen molar-refractivity contribution in [3.8, 4) is 0 Å². The summed E-state index contributed by atoms with van der Waals surface area (Å²) in [6.07, 6.45) is -3.66. The first kappa shape index (κ1) is 15.1. The summed E-state index contributed by atoms with van der Waals surface area (Å²) in [7, 11) is 0. The van der Waals surface area contributed by atoms with E-state index < -0.39 is 11.7 Å². The van der Waals surface area contributed by atoms with Crippen molar-refractivity contribution in [2.45, 2.75) is 16.2 Å². The molecule has 110 valence electrons. The van der Waals surface area contributed by atoms with Crippen LogP contribution in [0.15, 0.2) is 51.7 Å². The third-order valence-corrected chi connectivity index (χ3v) is 3.25. The van der Waals surface area contributed by atoms with Crippen LogP contribution in [0.2, 0.25) is 0 Å².